The van der Waals surface area contributed by atoms with Crippen molar-refractivity contribution in [1.82, 2.24) is 19.9 Å². The first-order valence-corrected chi connectivity index (χ1v) is 12.1. The molecule has 5 rings (SSSR count). The van der Waals surface area contributed by atoms with E-state index in [0.717, 1.165) is 30.4 Å². The molecule has 0 saturated heterocycles. The molecular weight excluding hydrogens is 490 g/mol. The van der Waals surface area contributed by atoms with Gasteiger partial charge in [-0.2, -0.15) is 0 Å². The maximum absolute atomic E-state index is 15.7. The van der Waals surface area contributed by atoms with Crippen LogP contribution in [-0.2, 0) is 12.6 Å². The lowest BCUT2D eigenvalue weighted by atomic mass is 10.1. The summed E-state index contributed by atoms with van der Waals surface area (Å²) in [6, 6.07) is 2.89. The predicted octanol–water partition coefficient (Wildman–Crippen LogP) is 4.49. The maximum Gasteiger partial charge on any atom is 0.274 e. The monoisotopic (exact) mass is 514 g/mol. The molecule has 0 unspecified atom stereocenters. The largest absolute Gasteiger partial charge is 0.434 e. The van der Waals surface area contributed by atoms with Crippen molar-refractivity contribution in [2.45, 2.75) is 45.3 Å². The smallest absolute Gasteiger partial charge is 0.274 e. The highest BCUT2D eigenvalue weighted by Crippen LogP contribution is 2.48. The van der Waals surface area contributed by atoms with E-state index in [4.69, 9.17) is 4.74 Å². The molecule has 3 N–H and O–H groups in total. The number of halogens is 2. The zero-order chi connectivity index (χ0) is 25.9. The summed E-state index contributed by atoms with van der Waals surface area (Å²) in [5, 5.41) is 13.9. The van der Waals surface area contributed by atoms with Crippen molar-refractivity contribution in [2.75, 3.05) is 0 Å². The number of hydrogen-bond acceptors (Lipinski definition) is 6. The number of H-pyrrole nitrogens is 1. The first-order chi connectivity index (χ1) is 16.9. The van der Waals surface area contributed by atoms with Gasteiger partial charge >= 0.3 is 0 Å². The lowest BCUT2D eigenvalue weighted by molar-refractivity contribution is 0.0785. The number of aryl methyl sites for hydroxylation is 2. The summed E-state index contributed by atoms with van der Waals surface area (Å²) in [6.07, 6.45) is 4.30. The third kappa shape index (κ3) is 4.28. The third-order valence-corrected chi connectivity index (χ3v) is 7.42. The first kappa shape index (κ1) is 24.1. The number of ether oxygens (including phenoxy) is 1. The number of thiophene rings is 1. The Morgan fingerprint density at radius 2 is 2.06 bits per heavy atom. The van der Waals surface area contributed by atoms with Gasteiger partial charge in [0.25, 0.3) is 11.5 Å². The highest BCUT2D eigenvalue weighted by Gasteiger charge is 2.32. The van der Waals surface area contributed by atoms with Gasteiger partial charge in [0.05, 0.1) is 21.6 Å². The SMILES string of the molecule is Cc1cc(F)cnc1Oc1c(-c2cn(C)c(=O)c3[nH]c(C(=O)NC4CC4)cc23)sc(C(C)(C)O)c1F. The fourth-order valence-corrected chi connectivity index (χ4v) is 5.05. The predicted molar refractivity (Wildman–Crippen MR) is 132 cm³/mol. The summed E-state index contributed by atoms with van der Waals surface area (Å²) in [4.78, 5) is 32.7. The summed E-state index contributed by atoms with van der Waals surface area (Å²) in [7, 11) is 1.54. The van der Waals surface area contributed by atoms with Crippen LogP contribution < -0.4 is 15.6 Å². The number of aromatic nitrogens is 3. The molecule has 4 heterocycles. The topological polar surface area (TPSA) is 109 Å². The number of amides is 1. The van der Waals surface area contributed by atoms with Crippen LogP contribution >= 0.6 is 11.3 Å². The van der Waals surface area contributed by atoms with Crippen molar-refractivity contribution in [3.05, 3.63) is 62.6 Å². The van der Waals surface area contributed by atoms with Crippen molar-refractivity contribution >= 4 is 28.1 Å². The zero-order valence-electron chi connectivity index (χ0n) is 20.0. The Balaban J connectivity index is 1.72. The van der Waals surface area contributed by atoms with Crippen molar-refractivity contribution in [2.24, 2.45) is 7.05 Å². The molecule has 1 aliphatic carbocycles. The molecule has 0 radical (unpaired) electrons. The molecule has 0 aliphatic heterocycles. The minimum absolute atomic E-state index is 0.00345. The van der Waals surface area contributed by atoms with Gasteiger partial charge in [-0.05, 0) is 45.7 Å². The molecule has 4 aromatic rings. The van der Waals surface area contributed by atoms with Crippen LogP contribution in [0.25, 0.3) is 21.3 Å². The van der Waals surface area contributed by atoms with Crippen LogP contribution in [0.4, 0.5) is 8.78 Å². The van der Waals surface area contributed by atoms with E-state index in [1.54, 1.807) is 20.0 Å². The number of fused-ring (bicyclic) bond motifs is 1. The van der Waals surface area contributed by atoms with Gasteiger partial charge in [-0.3, -0.25) is 9.59 Å². The van der Waals surface area contributed by atoms with Crippen molar-refractivity contribution in [3.8, 4) is 22.1 Å². The molecule has 1 amide bonds. The average Bonchev–Trinajstić information content (AvgIpc) is 3.38. The Morgan fingerprint density at radius 1 is 1.33 bits per heavy atom. The van der Waals surface area contributed by atoms with Gasteiger partial charge in [-0.1, -0.05) is 0 Å². The molecule has 0 spiro atoms. The second kappa shape index (κ2) is 8.52. The van der Waals surface area contributed by atoms with E-state index < -0.39 is 17.2 Å². The van der Waals surface area contributed by atoms with Crippen LogP contribution in [0.5, 0.6) is 11.6 Å². The van der Waals surface area contributed by atoms with E-state index in [-0.39, 0.29) is 50.1 Å². The van der Waals surface area contributed by atoms with Crippen LogP contribution in [0.3, 0.4) is 0 Å². The number of nitrogens with one attached hydrogen (secondary N) is 2. The number of aromatic amines is 1. The molecule has 4 aromatic heterocycles. The maximum atomic E-state index is 15.7. The average molecular weight is 515 g/mol. The Hall–Kier alpha value is -3.57. The van der Waals surface area contributed by atoms with Crippen molar-refractivity contribution in [3.63, 3.8) is 0 Å². The van der Waals surface area contributed by atoms with Gasteiger partial charge in [0.1, 0.15) is 17.0 Å². The fraction of sp³-hybridized carbons (Fsp3) is 0.320. The molecule has 0 bridgehead atoms. The summed E-state index contributed by atoms with van der Waals surface area (Å²) >= 11 is 0.960. The quantitative estimate of drug-likeness (QED) is 0.351. The Labute approximate surface area is 208 Å². The van der Waals surface area contributed by atoms with Gasteiger partial charge in [0, 0.05) is 35.8 Å². The Kier molecular flexibility index (Phi) is 5.72. The van der Waals surface area contributed by atoms with Crippen LogP contribution in [-0.4, -0.2) is 31.6 Å². The first-order valence-electron chi connectivity index (χ1n) is 11.3. The van der Waals surface area contributed by atoms with Gasteiger partial charge in [-0.25, -0.2) is 13.8 Å². The lowest BCUT2D eigenvalue weighted by Crippen LogP contribution is -2.25. The van der Waals surface area contributed by atoms with Crippen molar-refractivity contribution in [1.29, 1.82) is 0 Å². The number of hydrogen-bond donors (Lipinski definition) is 3. The molecule has 36 heavy (non-hydrogen) atoms. The second-order valence-corrected chi connectivity index (χ2v) is 10.5. The van der Waals surface area contributed by atoms with Crippen LogP contribution in [0.15, 0.2) is 29.3 Å². The normalized spacial score (nSPS) is 13.9. The van der Waals surface area contributed by atoms with Gasteiger partial charge < -0.3 is 24.7 Å². The van der Waals surface area contributed by atoms with E-state index in [1.807, 2.05) is 0 Å². The summed E-state index contributed by atoms with van der Waals surface area (Å²) < 4.78 is 36.5. The number of nitrogens with zero attached hydrogens (tertiary/aromatic N) is 2. The van der Waals surface area contributed by atoms with E-state index >= 15 is 4.39 Å². The molecule has 0 atom stereocenters. The molecule has 0 aromatic carbocycles. The van der Waals surface area contributed by atoms with Crippen LogP contribution in [0.1, 0.15) is 47.6 Å². The minimum Gasteiger partial charge on any atom is -0.434 e. The van der Waals surface area contributed by atoms with E-state index in [2.05, 4.69) is 15.3 Å². The van der Waals surface area contributed by atoms with Crippen LogP contribution in [0, 0.1) is 18.6 Å². The molecule has 1 aliphatic rings. The van der Waals surface area contributed by atoms with Gasteiger partial charge in [-0.15, -0.1) is 11.3 Å². The number of carbonyl (C=O) groups is 1. The Bertz CT molecular complexity index is 1580. The van der Waals surface area contributed by atoms with E-state index in [1.165, 1.54) is 30.7 Å². The fourth-order valence-electron chi connectivity index (χ4n) is 3.92. The van der Waals surface area contributed by atoms with Crippen LogP contribution in [0.2, 0.25) is 0 Å². The minimum atomic E-state index is -1.54. The van der Waals surface area contributed by atoms with E-state index in [0.29, 0.717) is 16.5 Å². The molecule has 1 fully saturated rings. The molecule has 8 nitrogen and oxygen atoms in total. The molecule has 11 heteroatoms. The molecule has 188 valence electrons. The molecular formula is C25H24F2N4O4S. The summed E-state index contributed by atoms with van der Waals surface area (Å²) in [6.45, 7) is 4.47. The summed E-state index contributed by atoms with van der Waals surface area (Å²) in [5.74, 6) is -1.91. The summed E-state index contributed by atoms with van der Waals surface area (Å²) in [5.41, 5.74) is -0.747. The zero-order valence-corrected chi connectivity index (χ0v) is 20.8. The second-order valence-electron chi connectivity index (χ2n) is 9.52. The van der Waals surface area contributed by atoms with Gasteiger partial charge in [0.2, 0.25) is 5.88 Å². The number of carbonyl (C=O) groups excluding carboxylic acids is 1. The number of aliphatic hydroxyl groups is 1. The Morgan fingerprint density at radius 3 is 2.69 bits per heavy atom. The highest BCUT2D eigenvalue weighted by atomic mass is 32.1. The van der Waals surface area contributed by atoms with Crippen molar-refractivity contribution < 1.29 is 23.4 Å². The highest BCUT2D eigenvalue weighted by molar-refractivity contribution is 7.16. The lowest BCUT2D eigenvalue weighted by Gasteiger charge is -2.14. The number of pyridine rings is 2. The third-order valence-electron chi connectivity index (χ3n) is 5.93. The number of rotatable bonds is 6. The van der Waals surface area contributed by atoms with E-state index in [9.17, 15) is 19.1 Å². The van der Waals surface area contributed by atoms with Gasteiger partial charge in [0.15, 0.2) is 11.6 Å². The molecule has 1 saturated carbocycles. The standard InChI is InChI=1S/C25H24F2N4O4S/c1-11-7-12(26)9-28-23(11)35-19-17(27)21(25(2,3)34)36-20(19)15-10-31(4)24(33)18-14(15)8-16(30-18)22(32)29-13-5-6-13/h7-10,13,30,34H,5-6H2,1-4H3,(H,29,32).